The minimum atomic E-state index is -4.19. The second-order valence-electron chi connectivity index (χ2n) is 6.24. The molecule has 2 aromatic rings. The molecule has 0 radical (unpaired) electrons. The van der Waals surface area contributed by atoms with Crippen LogP contribution in [0.3, 0.4) is 0 Å². The SMILES string of the molecule is C[C@H](NP(=O)(OCC(O)[C@H](C)O)Oc1ccccc1-c1ccccc1)C(=O)O. The largest absolute Gasteiger partial charge is 0.480 e. The lowest BCUT2D eigenvalue weighted by Crippen LogP contribution is -2.35. The van der Waals surface area contributed by atoms with E-state index in [-0.39, 0.29) is 5.75 Å². The molecule has 2 unspecified atom stereocenters. The molecule has 0 heterocycles. The van der Waals surface area contributed by atoms with E-state index in [9.17, 15) is 19.6 Å². The van der Waals surface area contributed by atoms with Crippen LogP contribution in [0.4, 0.5) is 0 Å². The number of rotatable bonds is 10. The third kappa shape index (κ3) is 6.15. The molecule has 0 aliphatic rings. The first kappa shape index (κ1) is 22.1. The van der Waals surface area contributed by atoms with E-state index >= 15 is 0 Å². The van der Waals surface area contributed by atoms with Crippen LogP contribution in [0.1, 0.15) is 13.8 Å². The second kappa shape index (κ2) is 9.82. The van der Waals surface area contributed by atoms with Crippen molar-refractivity contribution in [2.45, 2.75) is 32.1 Å². The molecule has 4 N–H and O–H groups in total. The Morgan fingerprint density at radius 2 is 1.68 bits per heavy atom. The average molecular weight is 409 g/mol. The highest BCUT2D eigenvalue weighted by Gasteiger charge is 2.33. The van der Waals surface area contributed by atoms with Gasteiger partial charge in [-0.1, -0.05) is 48.5 Å². The van der Waals surface area contributed by atoms with Gasteiger partial charge >= 0.3 is 13.7 Å². The molecule has 2 aromatic carbocycles. The van der Waals surface area contributed by atoms with E-state index in [4.69, 9.17) is 14.2 Å². The predicted molar refractivity (Wildman–Crippen MR) is 104 cm³/mol. The fraction of sp³-hybridized carbons (Fsp3) is 0.316. The highest BCUT2D eigenvalue weighted by Crippen LogP contribution is 2.47. The summed E-state index contributed by atoms with van der Waals surface area (Å²) in [7, 11) is -4.19. The Kier molecular flexibility index (Phi) is 7.74. The molecule has 0 aliphatic carbocycles. The zero-order valence-electron chi connectivity index (χ0n) is 15.6. The van der Waals surface area contributed by atoms with Crippen LogP contribution >= 0.6 is 7.75 Å². The number of aliphatic carboxylic acids is 1. The van der Waals surface area contributed by atoms with Gasteiger partial charge in [0.05, 0.1) is 12.7 Å². The molecule has 152 valence electrons. The molecular formula is C19H24NO7P. The third-order valence-electron chi connectivity index (χ3n) is 3.88. The molecule has 8 nitrogen and oxygen atoms in total. The van der Waals surface area contributed by atoms with Crippen LogP contribution < -0.4 is 9.61 Å². The number of para-hydroxylation sites is 1. The van der Waals surface area contributed by atoms with Gasteiger partial charge in [0.25, 0.3) is 0 Å². The van der Waals surface area contributed by atoms with Gasteiger partial charge in [-0.05, 0) is 25.5 Å². The van der Waals surface area contributed by atoms with Crippen LogP contribution in [0.5, 0.6) is 5.75 Å². The summed E-state index contributed by atoms with van der Waals surface area (Å²) in [6.45, 7) is 2.12. The van der Waals surface area contributed by atoms with Gasteiger partial charge < -0.3 is 19.8 Å². The Labute approximate surface area is 163 Å². The van der Waals surface area contributed by atoms with Crippen LogP contribution in [-0.2, 0) is 13.9 Å². The van der Waals surface area contributed by atoms with Gasteiger partial charge in [0.2, 0.25) is 0 Å². The predicted octanol–water partition coefficient (Wildman–Crippen LogP) is 2.66. The van der Waals surface area contributed by atoms with Gasteiger partial charge in [0.15, 0.2) is 0 Å². The molecule has 0 saturated heterocycles. The van der Waals surface area contributed by atoms with Crippen molar-refractivity contribution in [3.63, 3.8) is 0 Å². The van der Waals surface area contributed by atoms with E-state index in [0.717, 1.165) is 5.56 Å². The molecule has 0 saturated carbocycles. The number of carbonyl (C=O) groups is 1. The zero-order chi connectivity index (χ0) is 20.7. The first-order valence-corrected chi connectivity index (χ1v) is 10.2. The van der Waals surface area contributed by atoms with Gasteiger partial charge in [-0.25, -0.2) is 4.57 Å². The van der Waals surface area contributed by atoms with Crippen LogP contribution in [0.25, 0.3) is 11.1 Å². The van der Waals surface area contributed by atoms with Crippen LogP contribution in [-0.4, -0.2) is 46.1 Å². The normalized spacial score (nSPS) is 16.6. The van der Waals surface area contributed by atoms with Gasteiger partial charge in [-0.2, -0.15) is 5.09 Å². The molecular weight excluding hydrogens is 385 g/mol. The summed E-state index contributed by atoms with van der Waals surface area (Å²) in [5, 5.41) is 30.6. The number of aliphatic hydroxyl groups excluding tert-OH is 2. The summed E-state index contributed by atoms with van der Waals surface area (Å²) >= 11 is 0. The summed E-state index contributed by atoms with van der Waals surface area (Å²) in [5.41, 5.74) is 1.44. The minimum Gasteiger partial charge on any atom is -0.480 e. The Hall–Kier alpha value is -2.22. The molecule has 2 rings (SSSR count). The highest BCUT2D eigenvalue weighted by atomic mass is 31.2. The zero-order valence-corrected chi connectivity index (χ0v) is 16.5. The van der Waals surface area contributed by atoms with E-state index in [1.807, 2.05) is 30.3 Å². The Balaban J connectivity index is 2.32. The third-order valence-corrected chi connectivity index (χ3v) is 5.51. The summed E-state index contributed by atoms with van der Waals surface area (Å²) in [6.07, 6.45) is -2.44. The summed E-state index contributed by atoms with van der Waals surface area (Å²) < 4.78 is 24.0. The summed E-state index contributed by atoms with van der Waals surface area (Å²) in [4.78, 5) is 11.2. The molecule has 4 atom stereocenters. The smallest absolute Gasteiger partial charge is 0.459 e. The minimum absolute atomic E-state index is 0.216. The Bertz CT molecular complexity index is 828. The molecule has 0 bridgehead atoms. The second-order valence-corrected chi connectivity index (χ2v) is 7.94. The van der Waals surface area contributed by atoms with Crippen molar-refractivity contribution in [2.75, 3.05) is 6.61 Å². The average Bonchev–Trinajstić information content (AvgIpc) is 2.67. The topological polar surface area (TPSA) is 125 Å². The maximum atomic E-state index is 13.2. The van der Waals surface area contributed by atoms with E-state index in [1.54, 1.807) is 24.3 Å². The van der Waals surface area contributed by atoms with Gasteiger partial charge in [0.1, 0.15) is 17.9 Å². The summed E-state index contributed by atoms with van der Waals surface area (Å²) in [5.74, 6) is -1.03. The lowest BCUT2D eigenvalue weighted by molar-refractivity contribution is -0.138. The van der Waals surface area contributed by atoms with Crippen molar-refractivity contribution in [3.05, 3.63) is 54.6 Å². The number of carboxylic acid groups (broad SMARTS) is 1. The Morgan fingerprint density at radius 3 is 2.29 bits per heavy atom. The molecule has 0 fully saturated rings. The highest BCUT2D eigenvalue weighted by molar-refractivity contribution is 7.52. The van der Waals surface area contributed by atoms with Gasteiger partial charge in [0, 0.05) is 5.56 Å². The van der Waals surface area contributed by atoms with Crippen molar-refractivity contribution in [2.24, 2.45) is 0 Å². The van der Waals surface area contributed by atoms with Crippen molar-refractivity contribution < 1.29 is 33.7 Å². The first-order chi connectivity index (χ1) is 13.2. The number of benzene rings is 2. The van der Waals surface area contributed by atoms with Crippen molar-refractivity contribution in [1.29, 1.82) is 0 Å². The van der Waals surface area contributed by atoms with Crippen LogP contribution in [0.15, 0.2) is 54.6 Å². The lowest BCUT2D eigenvalue weighted by Gasteiger charge is -2.24. The quantitative estimate of drug-likeness (QED) is 0.442. The maximum Gasteiger partial charge on any atom is 0.459 e. The number of aliphatic hydroxyl groups is 2. The monoisotopic (exact) mass is 409 g/mol. The maximum absolute atomic E-state index is 13.2. The van der Waals surface area contributed by atoms with Crippen molar-refractivity contribution in [1.82, 2.24) is 5.09 Å². The molecule has 0 amide bonds. The van der Waals surface area contributed by atoms with Crippen molar-refractivity contribution >= 4 is 13.7 Å². The van der Waals surface area contributed by atoms with E-state index in [2.05, 4.69) is 5.09 Å². The fourth-order valence-electron chi connectivity index (χ4n) is 2.23. The first-order valence-electron chi connectivity index (χ1n) is 8.67. The molecule has 0 aromatic heterocycles. The van der Waals surface area contributed by atoms with E-state index in [1.165, 1.54) is 13.8 Å². The van der Waals surface area contributed by atoms with Gasteiger partial charge in [-0.3, -0.25) is 9.32 Å². The Morgan fingerprint density at radius 1 is 1.07 bits per heavy atom. The molecule has 9 heteroatoms. The van der Waals surface area contributed by atoms with Crippen LogP contribution in [0.2, 0.25) is 0 Å². The fourth-order valence-corrected chi connectivity index (χ4v) is 3.76. The molecule has 0 aliphatic heterocycles. The van der Waals surface area contributed by atoms with Gasteiger partial charge in [-0.15, -0.1) is 0 Å². The van der Waals surface area contributed by atoms with E-state index < -0.39 is 38.6 Å². The number of carboxylic acids is 1. The van der Waals surface area contributed by atoms with E-state index in [0.29, 0.717) is 5.56 Å². The summed E-state index contributed by atoms with van der Waals surface area (Å²) in [6, 6.07) is 14.8. The molecule has 28 heavy (non-hydrogen) atoms. The number of nitrogens with one attached hydrogen (secondary N) is 1. The number of hydrogen-bond donors (Lipinski definition) is 4. The standard InChI is InChI=1S/C19H24NO7P/c1-13(19(23)24)20-28(25,26-12-17(22)14(2)21)27-18-11-7-6-10-16(18)15-8-4-3-5-9-15/h3-11,13-14,17,21-22H,12H2,1-2H3,(H,20,25)(H,23,24)/t13-,14-,17?,28?/m0/s1. The lowest BCUT2D eigenvalue weighted by atomic mass is 10.1. The molecule has 0 spiro atoms. The van der Waals surface area contributed by atoms with Crippen LogP contribution in [0, 0.1) is 0 Å². The van der Waals surface area contributed by atoms with Crippen molar-refractivity contribution in [3.8, 4) is 16.9 Å². The number of hydrogen-bond acceptors (Lipinski definition) is 6.